The number of hydrogen-bond donors (Lipinski definition) is 4. The molecule has 2 heterocycles. The Morgan fingerprint density at radius 1 is 0.646 bits per heavy atom. The number of phenols is 1. The number of carbonyl (C=O) groups is 2. The molecule has 0 aliphatic rings. The first-order valence-electron chi connectivity index (χ1n) is 17.4. The van der Waals surface area contributed by atoms with Crippen LogP contribution in [0.3, 0.4) is 0 Å². The van der Waals surface area contributed by atoms with Crippen LogP contribution in [0, 0.1) is 0 Å². The Kier molecular flexibility index (Phi) is 20.0. The van der Waals surface area contributed by atoms with E-state index < -0.39 is 23.1 Å². The predicted octanol–water partition coefficient (Wildman–Crippen LogP) is 8.40. The molecule has 19 nitrogen and oxygen atoms in total. The topological polar surface area (TPSA) is 270 Å². The summed E-state index contributed by atoms with van der Waals surface area (Å²) < 4.78 is 31.0. The van der Waals surface area contributed by atoms with Crippen molar-refractivity contribution in [1.82, 2.24) is 19.3 Å². The lowest BCUT2D eigenvalue weighted by atomic mass is 10.1. The number of rotatable bonds is 8. The number of ether oxygens (including phenoxy) is 6. The van der Waals surface area contributed by atoms with Gasteiger partial charge in [-0.15, -0.1) is 0 Å². The van der Waals surface area contributed by atoms with E-state index in [2.05, 4.69) is 24.4 Å². The molecule has 348 valence electrons. The van der Waals surface area contributed by atoms with Crippen LogP contribution in [0.1, 0.15) is 27.6 Å². The van der Waals surface area contributed by atoms with E-state index in [0.717, 1.165) is 15.7 Å². The van der Waals surface area contributed by atoms with Crippen molar-refractivity contribution >= 4 is 144 Å². The molecule has 0 fully saturated rings. The van der Waals surface area contributed by atoms with Gasteiger partial charge in [-0.1, -0.05) is 92.8 Å². The summed E-state index contributed by atoms with van der Waals surface area (Å²) in [6.07, 6.45) is 3.45. The number of aromatic hydroxyl groups is 1. The summed E-state index contributed by atoms with van der Waals surface area (Å²) in [5.41, 5.74) is 5.38. The molecule has 0 aliphatic carbocycles. The highest BCUT2D eigenvalue weighted by Gasteiger charge is 2.24. The van der Waals surface area contributed by atoms with Crippen LogP contribution in [0.15, 0.2) is 51.5 Å². The van der Waals surface area contributed by atoms with Crippen molar-refractivity contribution in [2.45, 2.75) is 6.92 Å². The fourth-order valence-electron chi connectivity index (χ4n) is 5.14. The average Bonchev–Trinajstić information content (AvgIpc) is 3.25. The molecule has 27 heteroatoms. The Morgan fingerprint density at radius 3 is 1.55 bits per heavy atom. The fourth-order valence-corrected chi connectivity index (χ4v) is 7.53. The van der Waals surface area contributed by atoms with Crippen molar-refractivity contribution < 1.29 is 43.1 Å². The third kappa shape index (κ3) is 12.2. The van der Waals surface area contributed by atoms with E-state index in [1.165, 1.54) is 72.5 Å². The first-order chi connectivity index (χ1) is 30.7. The van der Waals surface area contributed by atoms with Crippen LogP contribution in [-0.4, -0.2) is 84.9 Å². The molecule has 0 amide bonds. The molecule has 0 atom stereocenters. The Morgan fingerprint density at radius 2 is 1.06 bits per heavy atom. The quantitative estimate of drug-likeness (QED) is 0.0366. The number of halogens is 8. The number of nitrogens with two attached hydrogens (primary N) is 3. The van der Waals surface area contributed by atoms with Gasteiger partial charge in [-0.2, -0.15) is 0 Å². The lowest BCUT2D eigenvalue weighted by Crippen LogP contribution is -2.27. The minimum Gasteiger partial charge on any atom is -0.504 e. The second kappa shape index (κ2) is 24.1. The minimum absolute atomic E-state index is 0.0363. The van der Waals surface area contributed by atoms with Gasteiger partial charge < -0.3 is 50.9 Å². The highest BCUT2D eigenvalue weighted by atomic mass is 35.5. The number of methoxy groups -OCH3 is 5. The maximum Gasteiger partial charge on any atom is 0.341 e. The highest BCUT2D eigenvalue weighted by Crippen LogP contribution is 2.43. The molecule has 0 radical (unpaired) electrons. The van der Waals surface area contributed by atoms with Crippen LogP contribution >= 0.6 is 92.8 Å². The van der Waals surface area contributed by atoms with E-state index in [0.29, 0.717) is 22.9 Å². The number of nitrogens with zero attached hydrogens (tertiary/aromatic N) is 5. The SMILES string of the molecule is CCOC=Nc1c(OC)c(Cl)cc(Cl)c1C(=O)OC.COC(=O)c1c(Cl)cc(Cl)c(OC)c1N.COc1c(Cl)cc(Cl)c2c(=O)n(N)cnc12.Nn1cnc2c(O)c(Cl)cc(Cl)c2c1=O. The highest BCUT2D eigenvalue weighted by molar-refractivity contribution is 6.41. The largest absolute Gasteiger partial charge is 0.504 e. The van der Waals surface area contributed by atoms with Crippen molar-refractivity contribution in [2.24, 2.45) is 4.99 Å². The van der Waals surface area contributed by atoms with E-state index in [1.54, 1.807) is 6.92 Å². The van der Waals surface area contributed by atoms with Gasteiger partial charge in [0.15, 0.2) is 29.4 Å². The summed E-state index contributed by atoms with van der Waals surface area (Å²) in [6.45, 7) is 2.24. The fraction of sp³-hybridized carbons (Fsp3) is 0.184. The molecule has 0 spiro atoms. The summed E-state index contributed by atoms with van der Waals surface area (Å²) in [5, 5.41) is 11.2. The summed E-state index contributed by atoms with van der Waals surface area (Å²) in [5.74, 6) is 9.89. The molecular formula is C38H34Cl8N8O11. The molecule has 6 aromatic rings. The smallest absolute Gasteiger partial charge is 0.341 e. The summed E-state index contributed by atoms with van der Waals surface area (Å²) >= 11 is 46.9. The van der Waals surface area contributed by atoms with Crippen LogP contribution in [0.25, 0.3) is 21.8 Å². The minimum atomic E-state index is -0.636. The van der Waals surface area contributed by atoms with Gasteiger partial charge in [0.2, 0.25) is 0 Å². The van der Waals surface area contributed by atoms with Crippen molar-refractivity contribution in [3.05, 3.63) is 109 Å². The zero-order valence-corrected chi connectivity index (χ0v) is 40.3. The summed E-state index contributed by atoms with van der Waals surface area (Å²) in [4.78, 5) is 58.2. The lowest BCUT2D eigenvalue weighted by molar-refractivity contribution is 0.0592. The van der Waals surface area contributed by atoms with E-state index in [1.807, 2.05) is 0 Å². The molecule has 7 N–H and O–H groups in total. The number of aromatic nitrogens is 4. The number of anilines is 1. The first-order valence-corrected chi connectivity index (χ1v) is 20.4. The molecule has 0 saturated carbocycles. The molecule has 4 aromatic carbocycles. The monoisotopic (exact) mass is 1060 g/mol. The number of aliphatic imine (C=N–C) groups is 1. The van der Waals surface area contributed by atoms with Gasteiger partial charge in [0.1, 0.15) is 40.5 Å². The van der Waals surface area contributed by atoms with E-state index >= 15 is 0 Å². The first kappa shape index (κ1) is 53.8. The Labute approximate surface area is 407 Å². The summed E-state index contributed by atoms with van der Waals surface area (Å²) in [6, 6.07) is 5.47. The second-order valence-corrected chi connectivity index (χ2v) is 15.1. The van der Waals surface area contributed by atoms with Crippen molar-refractivity contribution in [3.63, 3.8) is 0 Å². The standard InChI is InChI=1S/C12H13Cl2NO4.C9H7Cl2N3O2.C9H9Cl2NO3.C8H5Cl2N3O2/c1-4-19-6-15-10-9(12(16)18-3)7(13)5-8(14)11(10)17-2;1-16-8-5(11)2-4(10)6-7(8)13-3-14(12)9(6)15;1-14-8-5(11)3-4(10)6(7(8)12)9(13)15-2;9-3-1-4(10)7(14)6-5(3)8(15)13(11)2-12-6/h5-6H,4H2,1-3H3;2-3H,12H2,1H3;3H,12H2,1-2H3;1-2,14H,11H2. The van der Waals surface area contributed by atoms with E-state index in [4.69, 9.17) is 129 Å². The Bertz CT molecular complexity index is 2920. The molecule has 65 heavy (non-hydrogen) atoms. The van der Waals surface area contributed by atoms with Gasteiger partial charge in [-0.25, -0.2) is 33.9 Å². The number of esters is 2. The van der Waals surface area contributed by atoms with Gasteiger partial charge >= 0.3 is 11.9 Å². The zero-order chi connectivity index (χ0) is 49.0. The molecule has 0 unspecified atom stereocenters. The van der Waals surface area contributed by atoms with E-state index in [9.17, 15) is 24.3 Å². The van der Waals surface area contributed by atoms with Gasteiger partial charge in [-0.05, 0) is 31.2 Å². The Hall–Kier alpha value is -5.51. The van der Waals surface area contributed by atoms with Crippen LogP contribution in [0.5, 0.6) is 23.0 Å². The van der Waals surface area contributed by atoms with Gasteiger partial charge in [0.25, 0.3) is 11.1 Å². The van der Waals surface area contributed by atoms with Crippen LogP contribution < -0.4 is 42.7 Å². The summed E-state index contributed by atoms with van der Waals surface area (Å²) in [7, 11) is 6.72. The number of benzene rings is 4. The van der Waals surface area contributed by atoms with Gasteiger partial charge in [-0.3, -0.25) is 9.59 Å². The van der Waals surface area contributed by atoms with Crippen LogP contribution in [0.4, 0.5) is 11.4 Å². The molecule has 0 aliphatic heterocycles. The van der Waals surface area contributed by atoms with Crippen LogP contribution in [0.2, 0.25) is 40.2 Å². The second-order valence-electron chi connectivity index (χ2n) is 11.9. The van der Waals surface area contributed by atoms with Crippen molar-refractivity contribution in [2.75, 3.05) is 59.6 Å². The molecule has 0 bridgehead atoms. The van der Waals surface area contributed by atoms with Crippen molar-refractivity contribution in [3.8, 4) is 23.0 Å². The lowest BCUT2D eigenvalue weighted by Gasteiger charge is -2.12. The molecule has 6 rings (SSSR count). The maximum absolute atomic E-state index is 11.7. The number of phenolic OH excluding ortho intramolecular Hbond substituents is 1. The third-order valence-electron chi connectivity index (χ3n) is 8.06. The van der Waals surface area contributed by atoms with Crippen LogP contribution in [-0.2, 0) is 14.2 Å². The number of carbonyl (C=O) groups excluding carboxylic acids is 2. The molecule has 2 aromatic heterocycles. The number of nitrogen functional groups attached to an aromatic ring is 3. The maximum atomic E-state index is 11.7. The number of hydrogen-bond acceptors (Lipinski definition) is 17. The zero-order valence-electron chi connectivity index (χ0n) is 34.3. The van der Waals surface area contributed by atoms with E-state index in [-0.39, 0.29) is 91.2 Å². The van der Waals surface area contributed by atoms with Gasteiger partial charge in [0, 0.05) is 0 Å². The molecular weight excluding hydrogens is 1030 g/mol. The Balaban J connectivity index is 0.000000231. The average molecular weight is 1060 g/mol. The predicted molar refractivity (Wildman–Crippen MR) is 253 cm³/mol. The third-order valence-corrected chi connectivity index (χ3v) is 10.4. The normalized spacial score (nSPS) is 10.5. The number of fused-ring (bicyclic) bond motifs is 2. The van der Waals surface area contributed by atoms with Gasteiger partial charge in [0.05, 0.1) is 98.8 Å². The van der Waals surface area contributed by atoms with Crippen molar-refractivity contribution in [1.29, 1.82) is 0 Å². The molecule has 0 saturated heterocycles.